The molecule has 1 atom stereocenters. The standard InChI is InChI=1S/C14H18FNO2/c1-10-16(14(2,3)9-18-10)13(17)8-11-6-4-5-7-12(11)15/h4-7,10H,8-9H2,1-3H3. The molecular weight excluding hydrogens is 233 g/mol. The van der Waals surface area contributed by atoms with E-state index in [9.17, 15) is 9.18 Å². The summed E-state index contributed by atoms with van der Waals surface area (Å²) < 4.78 is 19.0. The maximum Gasteiger partial charge on any atom is 0.229 e. The van der Waals surface area contributed by atoms with Crippen LogP contribution in [-0.2, 0) is 16.0 Å². The minimum atomic E-state index is -0.337. The molecular formula is C14H18FNO2. The van der Waals surface area contributed by atoms with Gasteiger partial charge in [0.1, 0.15) is 12.0 Å². The SMILES string of the molecule is CC1OCC(C)(C)N1C(=O)Cc1ccccc1F. The molecule has 1 aliphatic heterocycles. The summed E-state index contributed by atoms with van der Waals surface area (Å²) in [6, 6.07) is 6.37. The fraction of sp³-hybridized carbons (Fsp3) is 0.500. The van der Waals surface area contributed by atoms with Crippen LogP contribution in [-0.4, -0.2) is 29.2 Å². The average Bonchev–Trinajstić information content (AvgIpc) is 2.56. The molecule has 0 aromatic heterocycles. The molecule has 0 spiro atoms. The van der Waals surface area contributed by atoms with Gasteiger partial charge in [0, 0.05) is 0 Å². The van der Waals surface area contributed by atoms with Gasteiger partial charge in [-0.15, -0.1) is 0 Å². The zero-order chi connectivity index (χ0) is 13.3. The molecule has 18 heavy (non-hydrogen) atoms. The highest BCUT2D eigenvalue weighted by atomic mass is 19.1. The molecule has 98 valence electrons. The van der Waals surface area contributed by atoms with Gasteiger partial charge in [0.2, 0.25) is 5.91 Å². The van der Waals surface area contributed by atoms with Gasteiger partial charge in [0.15, 0.2) is 0 Å². The molecule has 1 heterocycles. The summed E-state index contributed by atoms with van der Waals surface area (Å²) in [5.41, 5.74) is 0.0966. The second kappa shape index (κ2) is 4.69. The van der Waals surface area contributed by atoms with Crippen molar-refractivity contribution in [3.05, 3.63) is 35.6 Å². The highest BCUT2D eigenvalue weighted by molar-refractivity contribution is 5.80. The summed E-state index contributed by atoms with van der Waals surface area (Å²) in [5, 5.41) is 0. The molecule has 1 amide bonds. The Morgan fingerprint density at radius 3 is 2.72 bits per heavy atom. The van der Waals surface area contributed by atoms with Crippen LogP contribution < -0.4 is 0 Å². The van der Waals surface area contributed by atoms with Crippen LogP contribution >= 0.6 is 0 Å². The molecule has 0 aliphatic carbocycles. The van der Waals surface area contributed by atoms with Gasteiger partial charge < -0.3 is 9.64 Å². The minimum absolute atomic E-state index is 0.0732. The highest BCUT2D eigenvalue weighted by Crippen LogP contribution is 2.27. The Hall–Kier alpha value is -1.42. The van der Waals surface area contributed by atoms with Crippen molar-refractivity contribution in [3.63, 3.8) is 0 Å². The Labute approximate surface area is 107 Å². The van der Waals surface area contributed by atoms with E-state index in [0.29, 0.717) is 12.2 Å². The van der Waals surface area contributed by atoms with Crippen LogP contribution in [0.2, 0.25) is 0 Å². The van der Waals surface area contributed by atoms with E-state index in [2.05, 4.69) is 0 Å². The van der Waals surface area contributed by atoms with E-state index in [4.69, 9.17) is 4.74 Å². The molecule has 4 heteroatoms. The number of hydrogen-bond donors (Lipinski definition) is 0. The average molecular weight is 251 g/mol. The molecule has 1 aliphatic rings. The molecule has 1 aromatic carbocycles. The second-order valence-corrected chi connectivity index (χ2v) is 5.25. The molecule has 3 nitrogen and oxygen atoms in total. The van der Waals surface area contributed by atoms with Crippen molar-refractivity contribution in [3.8, 4) is 0 Å². The van der Waals surface area contributed by atoms with Gasteiger partial charge in [0.25, 0.3) is 0 Å². The summed E-state index contributed by atoms with van der Waals surface area (Å²) in [6.45, 7) is 6.26. The lowest BCUT2D eigenvalue weighted by molar-refractivity contribution is -0.138. The van der Waals surface area contributed by atoms with E-state index in [-0.39, 0.29) is 29.9 Å². The fourth-order valence-electron chi connectivity index (χ4n) is 2.39. The maximum absolute atomic E-state index is 13.5. The van der Waals surface area contributed by atoms with Crippen molar-refractivity contribution in [2.24, 2.45) is 0 Å². The lowest BCUT2D eigenvalue weighted by Gasteiger charge is -2.32. The number of benzene rings is 1. The zero-order valence-corrected chi connectivity index (χ0v) is 10.9. The maximum atomic E-state index is 13.5. The predicted octanol–water partition coefficient (Wildman–Crippen LogP) is 2.35. The smallest absolute Gasteiger partial charge is 0.229 e. The number of amides is 1. The number of hydrogen-bond acceptors (Lipinski definition) is 2. The zero-order valence-electron chi connectivity index (χ0n) is 10.9. The molecule has 1 saturated heterocycles. The first kappa shape index (κ1) is 13.0. The van der Waals surface area contributed by atoms with Crippen LogP contribution in [0.15, 0.2) is 24.3 Å². The van der Waals surface area contributed by atoms with Gasteiger partial charge in [-0.1, -0.05) is 18.2 Å². The van der Waals surface area contributed by atoms with Crippen molar-refractivity contribution < 1.29 is 13.9 Å². The third-order valence-electron chi connectivity index (χ3n) is 3.26. The molecule has 1 aromatic rings. The van der Waals surface area contributed by atoms with Gasteiger partial charge in [-0.05, 0) is 32.4 Å². The van der Waals surface area contributed by atoms with Crippen molar-refractivity contribution in [1.82, 2.24) is 4.90 Å². The van der Waals surface area contributed by atoms with Crippen LogP contribution in [0.4, 0.5) is 4.39 Å². The predicted molar refractivity (Wildman–Crippen MR) is 66.4 cm³/mol. The highest BCUT2D eigenvalue weighted by Gasteiger charge is 2.41. The van der Waals surface area contributed by atoms with Gasteiger partial charge in [-0.25, -0.2) is 4.39 Å². The van der Waals surface area contributed by atoms with Gasteiger partial charge in [0.05, 0.1) is 18.6 Å². The number of ether oxygens (including phenoxy) is 1. The topological polar surface area (TPSA) is 29.5 Å². The first-order valence-electron chi connectivity index (χ1n) is 6.09. The van der Waals surface area contributed by atoms with Gasteiger partial charge in [-0.2, -0.15) is 0 Å². The Kier molecular flexibility index (Phi) is 3.39. The summed E-state index contributed by atoms with van der Waals surface area (Å²) in [4.78, 5) is 14.0. The Morgan fingerprint density at radius 1 is 1.50 bits per heavy atom. The van der Waals surface area contributed by atoms with Crippen molar-refractivity contribution in [2.75, 3.05) is 6.61 Å². The van der Waals surface area contributed by atoms with Crippen LogP contribution in [0, 0.1) is 5.82 Å². The minimum Gasteiger partial charge on any atom is -0.356 e. The van der Waals surface area contributed by atoms with E-state index in [1.165, 1.54) is 6.07 Å². The van der Waals surface area contributed by atoms with E-state index in [1.807, 2.05) is 20.8 Å². The lowest BCUT2D eigenvalue weighted by atomic mass is 10.0. The van der Waals surface area contributed by atoms with Crippen molar-refractivity contribution in [1.29, 1.82) is 0 Å². The molecule has 1 fully saturated rings. The van der Waals surface area contributed by atoms with Crippen LogP contribution in [0.5, 0.6) is 0 Å². The Balaban J connectivity index is 2.15. The fourth-order valence-corrected chi connectivity index (χ4v) is 2.39. The number of halogens is 1. The van der Waals surface area contributed by atoms with Crippen molar-refractivity contribution >= 4 is 5.91 Å². The van der Waals surface area contributed by atoms with E-state index >= 15 is 0 Å². The molecule has 0 bridgehead atoms. The van der Waals surface area contributed by atoms with Gasteiger partial charge in [-0.3, -0.25) is 4.79 Å². The number of rotatable bonds is 2. The molecule has 0 saturated carbocycles. The quantitative estimate of drug-likeness (QED) is 0.807. The van der Waals surface area contributed by atoms with E-state index in [0.717, 1.165) is 0 Å². The molecule has 0 radical (unpaired) electrons. The van der Waals surface area contributed by atoms with Crippen LogP contribution in [0.25, 0.3) is 0 Å². The van der Waals surface area contributed by atoms with Crippen LogP contribution in [0.1, 0.15) is 26.3 Å². The summed E-state index contributed by atoms with van der Waals surface area (Å²) >= 11 is 0. The van der Waals surface area contributed by atoms with Gasteiger partial charge >= 0.3 is 0 Å². The Morgan fingerprint density at radius 2 is 2.17 bits per heavy atom. The van der Waals surface area contributed by atoms with Crippen LogP contribution in [0.3, 0.4) is 0 Å². The molecule has 1 unspecified atom stereocenters. The normalized spacial score (nSPS) is 22.2. The van der Waals surface area contributed by atoms with Crippen molar-refractivity contribution in [2.45, 2.75) is 39.0 Å². The van der Waals surface area contributed by atoms with E-state index < -0.39 is 0 Å². The molecule has 2 rings (SSSR count). The monoisotopic (exact) mass is 251 g/mol. The summed E-state index contributed by atoms with van der Waals surface area (Å²) in [6.07, 6.45) is -0.177. The first-order valence-corrected chi connectivity index (χ1v) is 6.09. The third-order valence-corrected chi connectivity index (χ3v) is 3.26. The summed E-state index contributed by atoms with van der Waals surface area (Å²) in [5.74, 6) is -0.438. The number of nitrogens with zero attached hydrogens (tertiary/aromatic N) is 1. The lowest BCUT2D eigenvalue weighted by Crippen LogP contribution is -2.48. The van der Waals surface area contributed by atoms with E-state index in [1.54, 1.807) is 23.1 Å². The Bertz CT molecular complexity index is 459. The number of carbonyl (C=O) groups excluding carboxylic acids is 1. The third kappa shape index (κ3) is 2.38. The summed E-state index contributed by atoms with van der Waals surface area (Å²) in [7, 11) is 0. The number of carbonyl (C=O) groups is 1. The first-order chi connectivity index (χ1) is 8.42. The largest absolute Gasteiger partial charge is 0.356 e. The second-order valence-electron chi connectivity index (χ2n) is 5.25. The molecule has 0 N–H and O–H groups in total.